The highest BCUT2D eigenvalue weighted by Gasteiger charge is 2.40. The molecular weight excluding hydrogens is 360 g/mol. The van der Waals surface area contributed by atoms with Crippen LogP contribution in [0.25, 0.3) is 5.53 Å². The lowest BCUT2D eigenvalue weighted by Gasteiger charge is -2.37. The Morgan fingerprint density at radius 1 is 1.19 bits per heavy atom. The Hall–Kier alpha value is -2.50. The minimum Gasteiger partial charge on any atom is -0.546 e. The molecule has 7 heteroatoms. The van der Waals surface area contributed by atoms with E-state index in [9.17, 15) is 9.59 Å². The molecule has 27 heavy (non-hydrogen) atoms. The highest BCUT2D eigenvalue weighted by Crippen LogP contribution is 2.38. The minimum absolute atomic E-state index is 0.0574. The zero-order chi connectivity index (χ0) is 20.7. The van der Waals surface area contributed by atoms with Crippen molar-refractivity contribution in [3.05, 3.63) is 53.3 Å². The molecule has 6 nitrogen and oxygen atoms in total. The van der Waals surface area contributed by atoms with Crippen LogP contribution in [-0.2, 0) is 25.2 Å². The Kier molecular flexibility index (Phi) is 7.88. The van der Waals surface area contributed by atoms with Crippen LogP contribution in [-0.4, -0.2) is 37.7 Å². The predicted octanol–water partition coefficient (Wildman–Crippen LogP) is 3.94. The first-order chi connectivity index (χ1) is 12.5. The molecule has 1 aromatic carbocycles. The van der Waals surface area contributed by atoms with Crippen LogP contribution in [0.5, 0.6) is 0 Å². The normalized spacial score (nSPS) is 12.1. The Bertz CT molecular complexity index is 758. The van der Waals surface area contributed by atoms with E-state index < -0.39 is 25.8 Å². The molecule has 0 bridgehead atoms. The van der Waals surface area contributed by atoms with Gasteiger partial charge in [0.2, 0.25) is 8.32 Å². The first-order valence-electron chi connectivity index (χ1n) is 8.77. The maximum absolute atomic E-state index is 12.4. The number of hydrogen-bond donors (Lipinski definition) is 0. The number of methoxy groups -OCH3 is 1. The SMILES string of the molecule is COC(=O)C(=[N+]=[N-])C(=O)C/C(=C\Cc1ccccc1)O[Si](C)(C)C(C)(C)C. The monoisotopic (exact) mass is 388 g/mol. The Morgan fingerprint density at radius 3 is 2.26 bits per heavy atom. The standard InChI is InChI=1S/C20H28N2O4Si/c1-20(2,3)27(5,6)26-16(13-12-15-10-8-7-9-11-15)14-17(23)18(22-21)19(24)25-4/h7-11,13H,12,14H2,1-6H3/b16-13+. The molecule has 0 aliphatic heterocycles. The van der Waals surface area contributed by atoms with Crippen LogP contribution < -0.4 is 0 Å². The third-order valence-corrected chi connectivity index (χ3v) is 9.06. The highest BCUT2D eigenvalue weighted by atomic mass is 28.4. The number of ether oxygens (including phenoxy) is 1. The van der Waals surface area contributed by atoms with E-state index in [2.05, 4.69) is 43.4 Å². The number of Topliss-reactive ketones (excluding diaryl/α,β-unsaturated/α-hetero) is 1. The summed E-state index contributed by atoms with van der Waals surface area (Å²) in [7, 11) is -1.07. The second-order valence-corrected chi connectivity index (χ2v) is 12.5. The van der Waals surface area contributed by atoms with Crippen LogP contribution in [0, 0.1) is 0 Å². The van der Waals surface area contributed by atoms with Crippen LogP contribution in [0.3, 0.4) is 0 Å². The van der Waals surface area contributed by atoms with Gasteiger partial charge in [0.1, 0.15) is 0 Å². The molecule has 0 aliphatic rings. The van der Waals surface area contributed by atoms with E-state index in [1.807, 2.05) is 36.4 Å². The van der Waals surface area contributed by atoms with Gasteiger partial charge in [-0.15, -0.1) is 0 Å². The summed E-state index contributed by atoms with van der Waals surface area (Å²) in [5, 5.41) is -0.0574. The van der Waals surface area contributed by atoms with Gasteiger partial charge in [-0.25, -0.2) is 4.79 Å². The summed E-state index contributed by atoms with van der Waals surface area (Å²) >= 11 is 0. The average molecular weight is 389 g/mol. The number of allylic oxidation sites excluding steroid dienone is 2. The smallest absolute Gasteiger partial charge is 0.441 e. The number of ketones is 1. The Balaban J connectivity index is 3.12. The number of rotatable bonds is 8. The highest BCUT2D eigenvalue weighted by molar-refractivity contribution is 6.74. The van der Waals surface area contributed by atoms with Gasteiger partial charge in [-0.2, -0.15) is 4.79 Å². The van der Waals surface area contributed by atoms with Crippen molar-refractivity contribution in [2.75, 3.05) is 7.11 Å². The molecule has 0 atom stereocenters. The number of esters is 1. The average Bonchev–Trinajstić information content (AvgIpc) is 2.59. The molecule has 0 aromatic heterocycles. The summed E-state index contributed by atoms with van der Waals surface area (Å²) in [5.74, 6) is -1.15. The quantitative estimate of drug-likeness (QED) is 0.128. The van der Waals surface area contributed by atoms with Crippen molar-refractivity contribution in [2.24, 2.45) is 0 Å². The van der Waals surface area contributed by atoms with E-state index in [-0.39, 0.29) is 11.5 Å². The van der Waals surface area contributed by atoms with Gasteiger partial charge in [0.25, 0.3) is 5.78 Å². The summed E-state index contributed by atoms with van der Waals surface area (Å²) in [6, 6.07) is 9.78. The van der Waals surface area contributed by atoms with E-state index in [1.165, 1.54) is 0 Å². The molecule has 0 spiro atoms. The van der Waals surface area contributed by atoms with Crippen molar-refractivity contribution < 1.29 is 23.5 Å². The van der Waals surface area contributed by atoms with Gasteiger partial charge in [-0.1, -0.05) is 51.1 Å². The molecule has 0 fully saturated rings. The van der Waals surface area contributed by atoms with Crippen molar-refractivity contribution >= 4 is 25.8 Å². The Morgan fingerprint density at radius 2 is 1.78 bits per heavy atom. The molecule has 1 rings (SSSR count). The third kappa shape index (κ3) is 6.62. The topological polar surface area (TPSA) is 89.0 Å². The van der Waals surface area contributed by atoms with E-state index >= 15 is 0 Å². The lowest BCUT2D eigenvalue weighted by atomic mass is 10.1. The molecule has 0 N–H and O–H groups in total. The number of benzene rings is 1. The summed E-state index contributed by atoms with van der Waals surface area (Å²) in [4.78, 5) is 26.8. The summed E-state index contributed by atoms with van der Waals surface area (Å²) in [6.45, 7) is 10.5. The molecule has 146 valence electrons. The number of carbonyl (C=O) groups excluding carboxylic acids is 2. The minimum atomic E-state index is -2.19. The van der Waals surface area contributed by atoms with Crippen LogP contribution in [0.15, 0.2) is 42.2 Å². The summed E-state index contributed by atoms with van der Waals surface area (Å²) in [5.41, 5.74) is 9.43. The van der Waals surface area contributed by atoms with Crippen LogP contribution >= 0.6 is 0 Å². The number of carbonyl (C=O) groups is 2. The fourth-order valence-corrected chi connectivity index (χ4v) is 3.14. The van der Waals surface area contributed by atoms with E-state index in [0.29, 0.717) is 12.2 Å². The zero-order valence-electron chi connectivity index (χ0n) is 16.9. The van der Waals surface area contributed by atoms with Crippen molar-refractivity contribution in [3.63, 3.8) is 0 Å². The van der Waals surface area contributed by atoms with Crippen molar-refractivity contribution in [2.45, 2.75) is 51.7 Å². The van der Waals surface area contributed by atoms with Crippen LogP contribution in [0.4, 0.5) is 0 Å². The molecule has 0 radical (unpaired) electrons. The predicted molar refractivity (Wildman–Crippen MR) is 107 cm³/mol. The largest absolute Gasteiger partial charge is 0.546 e. The molecule has 1 aromatic rings. The maximum Gasteiger partial charge on any atom is 0.441 e. The van der Waals surface area contributed by atoms with Gasteiger partial charge in [0, 0.05) is 0 Å². The van der Waals surface area contributed by atoms with E-state index in [0.717, 1.165) is 12.7 Å². The van der Waals surface area contributed by atoms with Gasteiger partial charge >= 0.3 is 11.7 Å². The lowest BCUT2D eigenvalue weighted by Crippen LogP contribution is -2.41. The van der Waals surface area contributed by atoms with Gasteiger partial charge in [0.15, 0.2) is 0 Å². The summed E-state index contributed by atoms with van der Waals surface area (Å²) in [6.07, 6.45) is 2.26. The number of nitrogens with zero attached hydrogens (tertiary/aromatic N) is 2. The fraction of sp³-hybridized carbons (Fsp3) is 0.450. The zero-order valence-corrected chi connectivity index (χ0v) is 17.9. The fourth-order valence-electron chi connectivity index (χ4n) is 2.03. The Labute approximate surface area is 161 Å². The number of hydrogen-bond acceptors (Lipinski definition) is 4. The van der Waals surface area contributed by atoms with E-state index in [4.69, 9.17) is 9.96 Å². The van der Waals surface area contributed by atoms with Crippen molar-refractivity contribution in [3.8, 4) is 0 Å². The molecule has 0 saturated carbocycles. The molecule has 0 amide bonds. The second kappa shape index (κ2) is 9.44. The van der Waals surface area contributed by atoms with Crippen molar-refractivity contribution in [1.29, 1.82) is 0 Å². The lowest BCUT2D eigenvalue weighted by molar-refractivity contribution is -0.139. The van der Waals surface area contributed by atoms with Crippen LogP contribution in [0.1, 0.15) is 32.8 Å². The van der Waals surface area contributed by atoms with Gasteiger partial charge in [-0.05, 0) is 36.2 Å². The van der Waals surface area contributed by atoms with E-state index in [1.54, 1.807) is 0 Å². The maximum atomic E-state index is 12.4. The molecular formula is C20H28N2O4Si. The molecule has 0 heterocycles. The first-order valence-corrected chi connectivity index (χ1v) is 11.7. The second-order valence-electron chi connectivity index (χ2n) is 7.76. The van der Waals surface area contributed by atoms with Gasteiger partial charge in [0.05, 0.1) is 19.3 Å². The van der Waals surface area contributed by atoms with Crippen molar-refractivity contribution in [1.82, 2.24) is 0 Å². The third-order valence-electron chi connectivity index (χ3n) is 4.68. The first kappa shape index (κ1) is 22.5. The van der Waals surface area contributed by atoms with Gasteiger partial charge in [-0.3, -0.25) is 4.79 Å². The van der Waals surface area contributed by atoms with Gasteiger partial charge < -0.3 is 14.7 Å². The molecule has 0 saturated heterocycles. The van der Waals surface area contributed by atoms with Crippen LogP contribution in [0.2, 0.25) is 18.1 Å². The summed E-state index contributed by atoms with van der Waals surface area (Å²) < 4.78 is 10.8. The molecule has 0 aliphatic carbocycles. The molecule has 0 unspecified atom stereocenters.